The van der Waals surface area contributed by atoms with E-state index in [1.165, 1.54) is 5.56 Å². The number of benzene rings is 2. The average Bonchev–Trinajstić information content (AvgIpc) is 2.59. The Bertz CT molecular complexity index is 638. The third-order valence-electron chi connectivity index (χ3n) is 3.50. The second kappa shape index (κ2) is 9.73. The molecule has 0 aliphatic heterocycles. The van der Waals surface area contributed by atoms with E-state index in [1.807, 2.05) is 24.3 Å². The van der Waals surface area contributed by atoms with E-state index in [1.54, 1.807) is 0 Å². The van der Waals surface area contributed by atoms with E-state index in [0.29, 0.717) is 31.6 Å². The Balaban J connectivity index is 1.81. The van der Waals surface area contributed by atoms with Crippen molar-refractivity contribution in [2.75, 3.05) is 6.54 Å². The predicted octanol–water partition coefficient (Wildman–Crippen LogP) is 3.46. The van der Waals surface area contributed by atoms with E-state index < -0.39 is 0 Å². The van der Waals surface area contributed by atoms with E-state index >= 15 is 0 Å². The van der Waals surface area contributed by atoms with E-state index in [0.717, 1.165) is 17.7 Å². The summed E-state index contributed by atoms with van der Waals surface area (Å²) in [6, 6.07) is 18.5. The van der Waals surface area contributed by atoms with Gasteiger partial charge in [0.1, 0.15) is 0 Å². The number of aliphatic imine (C=N–C) groups is 1. The van der Waals surface area contributed by atoms with E-state index in [4.69, 9.17) is 10.5 Å². The van der Waals surface area contributed by atoms with Crippen LogP contribution in [-0.4, -0.2) is 12.5 Å². The van der Waals surface area contributed by atoms with Crippen molar-refractivity contribution in [2.45, 2.75) is 33.6 Å². The van der Waals surface area contributed by atoms with Gasteiger partial charge in [-0.25, -0.2) is 4.99 Å². The predicted molar refractivity (Wildman–Crippen MR) is 99.5 cm³/mol. The number of nitrogens with zero attached hydrogens (tertiary/aromatic N) is 1. The van der Waals surface area contributed by atoms with Gasteiger partial charge in [0.2, 0.25) is 0 Å². The van der Waals surface area contributed by atoms with Crippen LogP contribution in [0.2, 0.25) is 0 Å². The van der Waals surface area contributed by atoms with E-state index in [-0.39, 0.29) is 0 Å². The highest BCUT2D eigenvalue weighted by molar-refractivity contribution is 5.77. The lowest BCUT2D eigenvalue weighted by Gasteiger charge is -2.08. The fourth-order valence-electron chi connectivity index (χ4n) is 2.22. The molecule has 4 heteroatoms. The van der Waals surface area contributed by atoms with Gasteiger partial charge in [0.15, 0.2) is 5.96 Å². The zero-order valence-corrected chi connectivity index (χ0v) is 14.5. The molecule has 0 atom stereocenters. The number of rotatable bonds is 8. The van der Waals surface area contributed by atoms with Gasteiger partial charge in [-0.2, -0.15) is 0 Å². The molecule has 128 valence electrons. The number of hydrogen-bond acceptors (Lipinski definition) is 2. The summed E-state index contributed by atoms with van der Waals surface area (Å²) in [5.74, 6) is 1.04. The largest absolute Gasteiger partial charge is 0.372 e. The van der Waals surface area contributed by atoms with E-state index in [2.05, 4.69) is 54.5 Å². The standard InChI is InChI=1S/C20H27N3O/c1-16(2)12-22-20(21)23-13-18-9-6-10-19(11-18)15-24-14-17-7-4-3-5-8-17/h3-11,16H,12-15H2,1-2H3,(H3,21,22,23). The maximum absolute atomic E-state index is 5.87. The van der Waals surface area contributed by atoms with Gasteiger partial charge in [-0.15, -0.1) is 0 Å². The summed E-state index contributed by atoms with van der Waals surface area (Å²) in [5.41, 5.74) is 9.32. The Morgan fingerprint density at radius 3 is 2.42 bits per heavy atom. The van der Waals surface area contributed by atoms with Gasteiger partial charge >= 0.3 is 0 Å². The fraction of sp³-hybridized carbons (Fsp3) is 0.350. The summed E-state index contributed by atoms with van der Waals surface area (Å²) >= 11 is 0. The van der Waals surface area contributed by atoms with Gasteiger partial charge in [-0.05, 0) is 22.6 Å². The Kier molecular flexibility index (Phi) is 7.30. The summed E-state index contributed by atoms with van der Waals surface area (Å²) in [6.45, 7) is 6.90. The van der Waals surface area contributed by atoms with Crippen LogP contribution in [0.5, 0.6) is 0 Å². The Labute approximate surface area is 144 Å². The molecule has 4 nitrogen and oxygen atoms in total. The Morgan fingerprint density at radius 2 is 1.67 bits per heavy atom. The second-order valence-electron chi connectivity index (χ2n) is 6.27. The zero-order valence-electron chi connectivity index (χ0n) is 14.5. The van der Waals surface area contributed by atoms with Crippen LogP contribution in [0.15, 0.2) is 59.6 Å². The zero-order chi connectivity index (χ0) is 17.2. The first kappa shape index (κ1) is 18.0. The minimum atomic E-state index is 0.495. The molecule has 0 aliphatic rings. The lowest BCUT2D eigenvalue weighted by Crippen LogP contribution is -2.34. The SMILES string of the molecule is CC(C)CNC(N)=NCc1cccc(COCc2ccccc2)c1. The molecule has 3 N–H and O–H groups in total. The lowest BCUT2D eigenvalue weighted by atomic mass is 10.1. The summed E-state index contributed by atoms with van der Waals surface area (Å²) in [6.07, 6.45) is 0. The fourth-order valence-corrected chi connectivity index (χ4v) is 2.22. The van der Waals surface area contributed by atoms with E-state index in [9.17, 15) is 0 Å². The Morgan fingerprint density at radius 1 is 1.00 bits per heavy atom. The highest BCUT2D eigenvalue weighted by Gasteiger charge is 1.99. The molecule has 0 saturated heterocycles. The molecule has 2 aromatic rings. The smallest absolute Gasteiger partial charge is 0.188 e. The normalized spacial score (nSPS) is 11.7. The first-order valence-electron chi connectivity index (χ1n) is 8.37. The molecule has 24 heavy (non-hydrogen) atoms. The number of nitrogens with two attached hydrogens (primary N) is 1. The molecule has 0 aliphatic carbocycles. The summed E-state index contributed by atoms with van der Waals surface area (Å²) in [5, 5.41) is 3.12. The van der Waals surface area contributed by atoms with Gasteiger partial charge in [0.25, 0.3) is 0 Å². The van der Waals surface area contributed by atoms with Crippen LogP contribution >= 0.6 is 0 Å². The third kappa shape index (κ3) is 6.84. The van der Waals surface area contributed by atoms with Crippen LogP contribution in [0, 0.1) is 5.92 Å². The minimum Gasteiger partial charge on any atom is -0.372 e. The molecule has 0 bridgehead atoms. The van der Waals surface area contributed by atoms with Gasteiger partial charge < -0.3 is 15.8 Å². The molecule has 0 heterocycles. The number of hydrogen-bond donors (Lipinski definition) is 2. The highest BCUT2D eigenvalue weighted by atomic mass is 16.5. The minimum absolute atomic E-state index is 0.495. The van der Waals surface area contributed by atoms with Crippen LogP contribution in [-0.2, 0) is 24.5 Å². The molecule has 0 saturated carbocycles. The summed E-state index contributed by atoms with van der Waals surface area (Å²) < 4.78 is 5.78. The third-order valence-corrected chi connectivity index (χ3v) is 3.50. The topological polar surface area (TPSA) is 59.6 Å². The first-order chi connectivity index (χ1) is 11.6. The van der Waals surface area contributed by atoms with Crippen molar-refractivity contribution >= 4 is 5.96 Å². The molecule has 0 fully saturated rings. The average molecular weight is 325 g/mol. The quantitative estimate of drug-likeness (QED) is 0.577. The first-order valence-corrected chi connectivity index (χ1v) is 8.37. The molecule has 2 aromatic carbocycles. The molecule has 0 radical (unpaired) electrons. The molecule has 2 rings (SSSR count). The molecule has 0 aromatic heterocycles. The van der Waals surface area contributed by atoms with Crippen LogP contribution in [0.25, 0.3) is 0 Å². The number of guanidine groups is 1. The monoisotopic (exact) mass is 325 g/mol. The number of ether oxygens (including phenoxy) is 1. The maximum Gasteiger partial charge on any atom is 0.188 e. The van der Waals surface area contributed by atoms with Crippen molar-refractivity contribution in [3.8, 4) is 0 Å². The lowest BCUT2D eigenvalue weighted by molar-refractivity contribution is 0.107. The van der Waals surface area contributed by atoms with Crippen molar-refractivity contribution in [3.05, 3.63) is 71.3 Å². The molecule has 0 spiro atoms. The second-order valence-corrected chi connectivity index (χ2v) is 6.27. The molecule has 0 amide bonds. The molecular weight excluding hydrogens is 298 g/mol. The van der Waals surface area contributed by atoms with Crippen LogP contribution in [0.4, 0.5) is 0 Å². The van der Waals surface area contributed by atoms with Gasteiger partial charge in [0.05, 0.1) is 19.8 Å². The Hall–Kier alpha value is -2.33. The van der Waals surface area contributed by atoms with Crippen molar-refractivity contribution < 1.29 is 4.74 Å². The molecular formula is C20H27N3O. The van der Waals surface area contributed by atoms with Crippen molar-refractivity contribution in [3.63, 3.8) is 0 Å². The van der Waals surface area contributed by atoms with Crippen molar-refractivity contribution in [1.82, 2.24) is 5.32 Å². The van der Waals surface area contributed by atoms with Crippen LogP contribution < -0.4 is 11.1 Å². The van der Waals surface area contributed by atoms with Crippen molar-refractivity contribution in [1.29, 1.82) is 0 Å². The number of nitrogens with one attached hydrogen (secondary N) is 1. The molecule has 0 unspecified atom stereocenters. The van der Waals surface area contributed by atoms with Crippen LogP contribution in [0.3, 0.4) is 0 Å². The van der Waals surface area contributed by atoms with Gasteiger partial charge in [-0.1, -0.05) is 68.4 Å². The highest BCUT2D eigenvalue weighted by Crippen LogP contribution is 2.09. The van der Waals surface area contributed by atoms with Gasteiger partial charge in [0, 0.05) is 6.54 Å². The van der Waals surface area contributed by atoms with Crippen molar-refractivity contribution in [2.24, 2.45) is 16.6 Å². The summed E-state index contributed by atoms with van der Waals surface area (Å²) in [4.78, 5) is 4.38. The maximum atomic E-state index is 5.87. The van der Waals surface area contributed by atoms with Crippen LogP contribution in [0.1, 0.15) is 30.5 Å². The summed E-state index contributed by atoms with van der Waals surface area (Å²) in [7, 11) is 0. The van der Waals surface area contributed by atoms with Gasteiger partial charge in [-0.3, -0.25) is 0 Å².